The Kier molecular flexibility index (Phi) is 6.28. The molecule has 0 saturated carbocycles. The van der Waals surface area contributed by atoms with Crippen LogP contribution in [0, 0.1) is 5.92 Å². The van der Waals surface area contributed by atoms with Gasteiger partial charge in [0, 0.05) is 26.1 Å². The first-order chi connectivity index (χ1) is 8.92. The van der Waals surface area contributed by atoms with E-state index in [-0.39, 0.29) is 6.09 Å². The van der Waals surface area contributed by atoms with Crippen molar-refractivity contribution in [1.82, 2.24) is 4.90 Å². The second-order valence-electron chi connectivity index (χ2n) is 5.94. The molecule has 0 radical (unpaired) electrons. The third-order valence-electron chi connectivity index (χ3n) is 3.00. The highest BCUT2D eigenvalue weighted by Gasteiger charge is 2.26. The van der Waals surface area contributed by atoms with E-state index in [1.165, 1.54) is 0 Å². The Labute approximate surface area is 115 Å². The molecule has 19 heavy (non-hydrogen) atoms. The fraction of sp³-hybridized carbons (Fsp3) is 0.857. The van der Waals surface area contributed by atoms with Gasteiger partial charge in [-0.25, -0.2) is 4.79 Å². The molecule has 5 heteroatoms. The summed E-state index contributed by atoms with van der Waals surface area (Å²) in [5.74, 6) is 0.477. The van der Waals surface area contributed by atoms with Crippen LogP contribution < -0.4 is 0 Å². The number of carbonyl (C=O) groups is 2. The summed E-state index contributed by atoms with van der Waals surface area (Å²) >= 11 is 0. The first-order valence-electron chi connectivity index (χ1n) is 6.91. The maximum absolute atomic E-state index is 11.9. The van der Waals surface area contributed by atoms with Gasteiger partial charge >= 0.3 is 6.09 Å². The Bertz CT molecular complexity index is 290. The number of hydrogen-bond donors (Lipinski definition) is 0. The van der Waals surface area contributed by atoms with Crippen LogP contribution in [-0.2, 0) is 14.3 Å². The van der Waals surface area contributed by atoms with Gasteiger partial charge in [0.25, 0.3) is 0 Å². The van der Waals surface area contributed by atoms with Gasteiger partial charge in [-0.15, -0.1) is 0 Å². The quantitative estimate of drug-likeness (QED) is 0.568. The zero-order chi connectivity index (χ0) is 14.3. The Morgan fingerprint density at radius 3 is 2.47 bits per heavy atom. The highest BCUT2D eigenvalue weighted by Crippen LogP contribution is 2.19. The highest BCUT2D eigenvalue weighted by atomic mass is 16.6. The van der Waals surface area contributed by atoms with Crippen LogP contribution in [0.3, 0.4) is 0 Å². The number of likely N-dealkylation sites (tertiary alicyclic amines) is 1. The summed E-state index contributed by atoms with van der Waals surface area (Å²) in [6, 6.07) is 0. The minimum absolute atomic E-state index is 0.229. The summed E-state index contributed by atoms with van der Waals surface area (Å²) in [6.45, 7) is 8.23. The first-order valence-corrected chi connectivity index (χ1v) is 6.91. The van der Waals surface area contributed by atoms with Crippen LogP contribution in [0.5, 0.6) is 0 Å². The topological polar surface area (TPSA) is 55.8 Å². The van der Waals surface area contributed by atoms with Gasteiger partial charge in [-0.05, 0) is 39.5 Å². The molecule has 1 heterocycles. The molecule has 0 aromatic carbocycles. The van der Waals surface area contributed by atoms with E-state index in [1.54, 1.807) is 4.90 Å². The molecule has 0 atom stereocenters. The lowest BCUT2D eigenvalue weighted by molar-refractivity contribution is -0.109. The summed E-state index contributed by atoms with van der Waals surface area (Å²) in [5, 5.41) is 0. The van der Waals surface area contributed by atoms with Crippen LogP contribution in [0.4, 0.5) is 4.79 Å². The van der Waals surface area contributed by atoms with E-state index in [0.29, 0.717) is 25.6 Å². The second kappa shape index (κ2) is 7.48. The highest BCUT2D eigenvalue weighted by molar-refractivity contribution is 5.68. The molecule has 0 aromatic rings. The summed E-state index contributed by atoms with van der Waals surface area (Å²) < 4.78 is 10.8. The Hall–Kier alpha value is -1.10. The van der Waals surface area contributed by atoms with Crippen molar-refractivity contribution in [1.29, 1.82) is 0 Å². The molecule has 110 valence electrons. The van der Waals surface area contributed by atoms with E-state index in [0.717, 1.165) is 32.2 Å². The predicted molar refractivity (Wildman–Crippen MR) is 72.0 cm³/mol. The van der Waals surface area contributed by atoms with Gasteiger partial charge in [0.2, 0.25) is 0 Å². The molecule has 1 amide bonds. The van der Waals surface area contributed by atoms with Gasteiger partial charge in [0.05, 0.1) is 6.61 Å². The molecule has 1 aliphatic heterocycles. The molecule has 0 spiro atoms. The first kappa shape index (κ1) is 16.0. The van der Waals surface area contributed by atoms with Crippen molar-refractivity contribution in [2.75, 3.05) is 26.3 Å². The number of carbonyl (C=O) groups excluding carboxylic acids is 2. The van der Waals surface area contributed by atoms with E-state index in [1.807, 2.05) is 20.8 Å². The van der Waals surface area contributed by atoms with Crippen LogP contribution >= 0.6 is 0 Å². The van der Waals surface area contributed by atoms with E-state index < -0.39 is 5.60 Å². The van der Waals surface area contributed by atoms with Crippen LogP contribution in [-0.4, -0.2) is 49.2 Å². The SMILES string of the molecule is CC(C)(C)OC(=O)N1CCC(COCCC=O)CC1. The average molecular weight is 271 g/mol. The van der Waals surface area contributed by atoms with Crippen molar-refractivity contribution >= 4 is 12.4 Å². The van der Waals surface area contributed by atoms with E-state index in [4.69, 9.17) is 9.47 Å². The van der Waals surface area contributed by atoms with Crippen LogP contribution in [0.25, 0.3) is 0 Å². The summed E-state index contributed by atoms with van der Waals surface area (Å²) in [5.41, 5.74) is -0.439. The minimum Gasteiger partial charge on any atom is -0.444 e. The van der Waals surface area contributed by atoms with Gasteiger partial charge in [0.15, 0.2) is 0 Å². The number of piperidine rings is 1. The molecule has 1 aliphatic rings. The molecule has 0 aromatic heterocycles. The fourth-order valence-corrected chi connectivity index (χ4v) is 1.99. The van der Waals surface area contributed by atoms with Crippen molar-refractivity contribution in [3.63, 3.8) is 0 Å². The largest absolute Gasteiger partial charge is 0.444 e. The molecule has 0 N–H and O–H groups in total. The number of nitrogens with zero attached hydrogens (tertiary/aromatic N) is 1. The lowest BCUT2D eigenvalue weighted by Gasteiger charge is -2.33. The lowest BCUT2D eigenvalue weighted by Crippen LogP contribution is -2.42. The van der Waals surface area contributed by atoms with E-state index in [2.05, 4.69) is 0 Å². The smallest absolute Gasteiger partial charge is 0.410 e. The van der Waals surface area contributed by atoms with Gasteiger partial charge in [-0.2, -0.15) is 0 Å². The number of ether oxygens (including phenoxy) is 2. The molecular weight excluding hydrogens is 246 g/mol. The molecule has 5 nitrogen and oxygen atoms in total. The normalized spacial score (nSPS) is 17.3. The van der Waals surface area contributed by atoms with Gasteiger partial charge in [-0.3, -0.25) is 0 Å². The van der Waals surface area contributed by atoms with Crippen molar-refractivity contribution in [3.05, 3.63) is 0 Å². The van der Waals surface area contributed by atoms with E-state index in [9.17, 15) is 9.59 Å². The van der Waals surface area contributed by atoms with Gasteiger partial charge < -0.3 is 19.2 Å². The predicted octanol–water partition coefficient (Wildman–Crippen LogP) is 2.24. The molecule has 1 saturated heterocycles. The summed E-state index contributed by atoms with van der Waals surface area (Å²) in [6.07, 6.45) is 2.95. The third kappa shape index (κ3) is 6.57. The molecule has 1 fully saturated rings. The maximum atomic E-state index is 11.9. The summed E-state index contributed by atoms with van der Waals surface area (Å²) in [7, 11) is 0. The second-order valence-corrected chi connectivity index (χ2v) is 5.94. The van der Waals surface area contributed by atoms with Crippen molar-refractivity contribution in [3.8, 4) is 0 Å². The molecule has 0 bridgehead atoms. The fourth-order valence-electron chi connectivity index (χ4n) is 1.99. The number of hydrogen-bond acceptors (Lipinski definition) is 4. The molecule has 0 unspecified atom stereocenters. The van der Waals surface area contributed by atoms with Gasteiger partial charge in [-0.1, -0.05) is 0 Å². The van der Waals surface area contributed by atoms with E-state index >= 15 is 0 Å². The summed E-state index contributed by atoms with van der Waals surface area (Å²) in [4.78, 5) is 23.8. The van der Waals surface area contributed by atoms with Crippen molar-refractivity contribution in [2.45, 2.75) is 45.6 Å². The molecular formula is C14H25NO4. The Balaban J connectivity index is 2.21. The monoisotopic (exact) mass is 271 g/mol. The third-order valence-corrected chi connectivity index (χ3v) is 3.00. The van der Waals surface area contributed by atoms with Crippen LogP contribution in [0.2, 0.25) is 0 Å². The zero-order valence-electron chi connectivity index (χ0n) is 12.2. The zero-order valence-corrected chi connectivity index (χ0v) is 12.2. The van der Waals surface area contributed by atoms with Crippen molar-refractivity contribution in [2.24, 2.45) is 5.92 Å². The van der Waals surface area contributed by atoms with Gasteiger partial charge in [0.1, 0.15) is 11.9 Å². The molecule has 0 aliphatic carbocycles. The van der Waals surface area contributed by atoms with Crippen molar-refractivity contribution < 1.29 is 19.1 Å². The number of amides is 1. The maximum Gasteiger partial charge on any atom is 0.410 e. The molecule has 1 rings (SSSR count). The lowest BCUT2D eigenvalue weighted by atomic mass is 9.98. The Morgan fingerprint density at radius 1 is 1.32 bits per heavy atom. The standard InChI is InChI=1S/C14H25NO4/c1-14(2,3)19-13(17)15-7-5-12(6-8-15)11-18-10-4-9-16/h9,12H,4-8,10-11H2,1-3H3. The number of aldehydes is 1. The number of rotatable bonds is 5. The minimum atomic E-state index is -0.439. The Morgan fingerprint density at radius 2 is 1.95 bits per heavy atom. The van der Waals surface area contributed by atoms with Crippen LogP contribution in [0.1, 0.15) is 40.0 Å². The average Bonchev–Trinajstić information content (AvgIpc) is 2.33. The van der Waals surface area contributed by atoms with Crippen LogP contribution in [0.15, 0.2) is 0 Å².